The minimum absolute atomic E-state index is 0. The minimum Gasteiger partial charge on any atom is -0.464 e. The molecule has 0 aliphatic carbocycles. The molecule has 1 radical (unpaired) electrons. The maximum atomic E-state index is 12.9. The molecule has 0 aliphatic rings. The number of amides is 1. The maximum Gasteiger partial charge on any atom is 0.328 e. The van der Waals surface area contributed by atoms with E-state index < -0.39 is 12.0 Å². The second-order valence-electron chi connectivity index (χ2n) is 5.07. The topological polar surface area (TPSA) is 46.6 Å². The van der Waals surface area contributed by atoms with Crippen molar-refractivity contribution in [2.45, 2.75) is 19.9 Å². The molecule has 1 amide bonds. The summed E-state index contributed by atoms with van der Waals surface area (Å²) in [6, 6.07) is 12.7. The number of benzene rings is 2. The van der Waals surface area contributed by atoms with Gasteiger partial charge >= 0.3 is 5.97 Å². The van der Waals surface area contributed by atoms with Gasteiger partial charge in [0.2, 0.25) is 0 Å². The summed E-state index contributed by atoms with van der Waals surface area (Å²) in [6.45, 7) is 3.56. The van der Waals surface area contributed by atoms with Crippen LogP contribution in [0.3, 0.4) is 0 Å². The molecule has 0 saturated heterocycles. The maximum absolute atomic E-state index is 12.9. The Hall–Kier alpha value is -1.04. The molecular weight excluding hydrogens is 372 g/mol. The Balaban J connectivity index is 0.00000312. The average molecular weight is 389 g/mol. The Morgan fingerprint density at radius 2 is 1.72 bits per heavy atom. The SMILES string of the molecule is CCOC(=O)C(C)N(C(=O)c1ccccc1)c1ccc(Cl)c(Cl)c1.[Na]. The van der Waals surface area contributed by atoms with Crippen molar-refractivity contribution in [1.82, 2.24) is 0 Å². The summed E-state index contributed by atoms with van der Waals surface area (Å²) in [7, 11) is 0. The van der Waals surface area contributed by atoms with E-state index in [1.54, 1.807) is 56.3 Å². The van der Waals surface area contributed by atoms with Crippen molar-refractivity contribution >= 4 is 70.3 Å². The van der Waals surface area contributed by atoms with E-state index in [0.29, 0.717) is 21.3 Å². The number of nitrogens with zero attached hydrogens (tertiary/aromatic N) is 1. The molecule has 0 aliphatic heterocycles. The fraction of sp³-hybridized carbons (Fsp3) is 0.222. The average Bonchev–Trinajstić information content (AvgIpc) is 2.59. The Morgan fingerprint density at radius 3 is 2.28 bits per heavy atom. The monoisotopic (exact) mass is 388 g/mol. The van der Waals surface area contributed by atoms with Crippen LogP contribution in [0.1, 0.15) is 24.2 Å². The van der Waals surface area contributed by atoms with E-state index in [0.717, 1.165) is 0 Å². The second-order valence-corrected chi connectivity index (χ2v) is 5.88. The van der Waals surface area contributed by atoms with Gasteiger partial charge in [-0.05, 0) is 44.2 Å². The summed E-state index contributed by atoms with van der Waals surface area (Å²) < 4.78 is 5.05. The van der Waals surface area contributed by atoms with Crippen LogP contribution in [0.4, 0.5) is 5.69 Å². The van der Waals surface area contributed by atoms with E-state index in [9.17, 15) is 9.59 Å². The van der Waals surface area contributed by atoms with Crippen molar-refractivity contribution in [1.29, 1.82) is 0 Å². The molecule has 1 atom stereocenters. The molecule has 127 valence electrons. The first-order valence-corrected chi connectivity index (χ1v) is 8.21. The first-order chi connectivity index (χ1) is 11.5. The van der Waals surface area contributed by atoms with E-state index in [1.165, 1.54) is 4.90 Å². The molecule has 0 N–H and O–H groups in total. The molecule has 0 saturated carbocycles. The molecule has 2 aromatic rings. The quantitative estimate of drug-likeness (QED) is 0.569. The first-order valence-electron chi connectivity index (χ1n) is 7.46. The van der Waals surface area contributed by atoms with E-state index in [2.05, 4.69) is 0 Å². The number of halogens is 2. The summed E-state index contributed by atoms with van der Waals surface area (Å²) in [5, 5.41) is 0.674. The predicted octanol–water partition coefficient (Wildman–Crippen LogP) is 4.21. The number of esters is 1. The van der Waals surface area contributed by atoms with Gasteiger partial charge in [-0.3, -0.25) is 9.69 Å². The van der Waals surface area contributed by atoms with Gasteiger partial charge in [-0.25, -0.2) is 4.79 Å². The smallest absolute Gasteiger partial charge is 0.328 e. The Morgan fingerprint density at radius 1 is 1.08 bits per heavy atom. The fourth-order valence-electron chi connectivity index (χ4n) is 2.24. The van der Waals surface area contributed by atoms with Gasteiger partial charge in [0.25, 0.3) is 5.91 Å². The number of rotatable bonds is 5. The van der Waals surface area contributed by atoms with Crippen molar-refractivity contribution in [3.05, 3.63) is 64.1 Å². The molecule has 0 fully saturated rings. The zero-order valence-corrected chi connectivity index (χ0v) is 17.8. The summed E-state index contributed by atoms with van der Waals surface area (Å²) in [4.78, 5) is 26.5. The molecule has 0 aromatic heterocycles. The normalized spacial score (nSPS) is 11.2. The molecular formula is C18H17Cl2NNaO3. The number of anilines is 1. The van der Waals surface area contributed by atoms with Crippen molar-refractivity contribution in [2.24, 2.45) is 0 Å². The van der Waals surface area contributed by atoms with Gasteiger partial charge in [-0.15, -0.1) is 0 Å². The third-order valence-electron chi connectivity index (χ3n) is 3.44. The van der Waals surface area contributed by atoms with Crippen molar-refractivity contribution in [3.63, 3.8) is 0 Å². The first kappa shape index (κ1) is 22.0. The van der Waals surface area contributed by atoms with E-state index >= 15 is 0 Å². The zero-order chi connectivity index (χ0) is 17.7. The van der Waals surface area contributed by atoms with Gasteiger partial charge < -0.3 is 4.74 Å². The van der Waals surface area contributed by atoms with Crippen LogP contribution in [0, 0.1) is 0 Å². The van der Waals surface area contributed by atoms with Crippen molar-refractivity contribution in [3.8, 4) is 0 Å². The largest absolute Gasteiger partial charge is 0.464 e. The molecule has 25 heavy (non-hydrogen) atoms. The molecule has 0 bridgehead atoms. The summed E-state index contributed by atoms with van der Waals surface area (Å²) in [5.74, 6) is -0.817. The van der Waals surface area contributed by atoms with Gasteiger partial charge in [-0.1, -0.05) is 41.4 Å². The predicted molar refractivity (Wildman–Crippen MR) is 102 cm³/mol. The van der Waals surface area contributed by atoms with Crippen LogP contribution in [0.25, 0.3) is 0 Å². The molecule has 1 unspecified atom stereocenters. The Labute approximate surface area is 179 Å². The number of ether oxygens (including phenoxy) is 1. The standard InChI is InChI=1S/C18H17Cl2NO3.Na/c1-3-24-18(23)12(2)21(14-9-10-15(19)16(20)11-14)17(22)13-7-5-4-6-8-13;/h4-12H,3H2,1-2H3;. The minimum atomic E-state index is -0.810. The van der Waals surface area contributed by atoms with Crippen LogP contribution in [0.5, 0.6) is 0 Å². The van der Waals surface area contributed by atoms with Gasteiger partial charge in [0.05, 0.1) is 16.7 Å². The summed E-state index contributed by atoms with van der Waals surface area (Å²) >= 11 is 12.0. The van der Waals surface area contributed by atoms with Crippen LogP contribution in [0.2, 0.25) is 10.0 Å². The van der Waals surface area contributed by atoms with Gasteiger partial charge in [0.15, 0.2) is 0 Å². The number of carbonyl (C=O) groups is 2. The van der Waals surface area contributed by atoms with Crippen LogP contribution >= 0.6 is 23.2 Å². The van der Waals surface area contributed by atoms with E-state index in [4.69, 9.17) is 27.9 Å². The molecule has 2 aromatic carbocycles. The van der Waals surface area contributed by atoms with Gasteiger partial charge in [0.1, 0.15) is 6.04 Å². The second kappa shape index (κ2) is 10.2. The molecule has 4 nitrogen and oxygen atoms in total. The van der Waals surface area contributed by atoms with E-state index in [1.807, 2.05) is 6.07 Å². The summed E-state index contributed by atoms with van der Waals surface area (Å²) in [5.41, 5.74) is 0.929. The Kier molecular flexibility index (Phi) is 8.97. The molecule has 2 rings (SSSR count). The van der Waals surface area contributed by atoms with Gasteiger partial charge in [-0.2, -0.15) is 0 Å². The van der Waals surface area contributed by atoms with Gasteiger partial charge in [0, 0.05) is 40.8 Å². The van der Waals surface area contributed by atoms with Crippen molar-refractivity contribution in [2.75, 3.05) is 11.5 Å². The molecule has 0 heterocycles. The molecule has 0 spiro atoms. The number of hydrogen-bond acceptors (Lipinski definition) is 3. The van der Waals surface area contributed by atoms with Crippen LogP contribution in [0.15, 0.2) is 48.5 Å². The zero-order valence-electron chi connectivity index (χ0n) is 14.3. The fourth-order valence-corrected chi connectivity index (χ4v) is 2.53. The Bertz CT molecular complexity index is 740. The third kappa shape index (κ3) is 5.47. The van der Waals surface area contributed by atoms with Crippen LogP contribution in [-0.2, 0) is 9.53 Å². The number of carbonyl (C=O) groups excluding carboxylic acids is 2. The van der Waals surface area contributed by atoms with Crippen molar-refractivity contribution < 1.29 is 14.3 Å². The van der Waals surface area contributed by atoms with E-state index in [-0.39, 0.29) is 42.1 Å². The molecule has 7 heteroatoms. The third-order valence-corrected chi connectivity index (χ3v) is 4.17. The number of hydrogen-bond donors (Lipinski definition) is 0. The van der Waals surface area contributed by atoms with Crippen LogP contribution in [-0.4, -0.2) is 54.1 Å². The summed E-state index contributed by atoms with van der Waals surface area (Å²) in [6.07, 6.45) is 0. The van der Waals surface area contributed by atoms with Crippen LogP contribution < -0.4 is 4.90 Å².